The number of hydrogen-bond acceptors (Lipinski definition) is 5. The third-order valence-corrected chi connectivity index (χ3v) is 6.89. The highest BCUT2D eigenvalue weighted by atomic mass is 32.2. The number of allylic oxidation sites excluding steroid dienone is 2. The molecule has 2 aromatic carbocycles. The summed E-state index contributed by atoms with van der Waals surface area (Å²) in [4.78, 5) is 26.2. The van der Waals surface area contributed by atoms with Crippen molar-refractivity contribution in [3.63, 3.8) is 0 Å². The number of benzene rings is 2. The molecule has 0 atom stereocenters. The van der Waals surface area contributed by atoms with Gasteiger partial charge in [-0.1, -0.05) is 48.5 Å². The number of ketones is 2. The molecular formula is C23H22O3S2. The topological polar surface area (TPSA) is 43.4 Å². The van der Waals surface area contributed by atoms with Crippen molar-refractivity contribution in [2.45, 2.75) is 12.8 Å². The molecule has 1 aliphatic rings. The van der Waals surface area contributed by atoms with E-state index >= 15 is 0 Å². The van der Waals surface area contributed by atoms with Crippen molar-refractivity contribution in [3.05, 3.63) is 81.6 Å². The van der Waals surface area contributed by atoms with E-state index in [1.807, 2.05) is 42.5 Å². The maximum atomic E-state index is 13.1. The Kier molecular flexibility index (Phi) is 7.57. The smallest absolute Gasteiger partial charge is 0.198 e. The van der Waals surface area contributed by atoms with Gasteiger partial charge < -0.3 is 4.74 Å². The molecule has 0 aliphatic carbocycles. The lowest BCUT2D eigenvalue weighted by atomic mass is 10.0. The molecule has 5 heteroatoms. The van der Waals surface area contributed by atoms with E-state index in [0.29, 0.717) is 5.56 Å². The first-order chi connectivity index (χ1) is 13.7. The summed E-state index contributed by atoms with van der Waals surface area (Å²) in [5.74, 6) is 2.17. The van der Waals surface area contributed by atoms with Crippen LogP contribution in [0.3, 0.4) is 0 Å². The summed E-state index contributed by atoms with van der Waals surface area (Å²) < 4.78 is 6.00. The largest absolute Gasteiger partial charge is 0.497 e. The number of ether oxygens (including phenoxy) is 1. The molecule has 1 fully saturated rings. The lowest BCUT2D eigenvalue weighted by Crippen LogP contribution is -2.13. The molecule has 0 N–H and O–H groups in total. The van der Waals surface area contributed by atoms with Crippen LogP contribution in [0.1, 0.15) is 28.8 Å². The fraction of sp³-hybridized carbons (Fsp3) is 0.217. The second-order valence-corrected chi connectivity index (χ2v) is 8.70. The van der Waals surface area contributed by atoms with Gasteiger partial charge in [0.05, 0.1) is 16.9 Å². The Morgan fingerprint density at radius 3 is 2.18 bits per heavy atom. The Balaban J connectivity index is 1.91. The summed E-state index contributed by atoms with van der Waals surface area (Å²) in [6.45, 7) is 0. The van der Waals surface area contributed by atoms with Crippen LogP contribution in [-0.4, -0.2) is 30.2 Å². The first kappa shape index (κ1) is 20.5. The van der Waals surface area contributed by atoms with Crippen molar-refractivity contribution in [1.29, 1.82) is 0 Å². The van der Waals surface area contributed by atoms with Crippen LogP contribution in [0, 0.1) is 0 Å². The Morgan fingerprint density at radius 2 is 1.57 bits per heavy atom. The first-order valence-electron chi connectivity index (χ1n) is 9.15. The summed E-state index contributed by atoms with van der Waals surface area (Å²) in [5.41, 5.74) is 1.71. The van der Waals surface area contributed by atoms with Crippen LogP contribution < -0.4 is 4.74 Å². The normalized spacial score (nSPS) is 14.5. The third kappa shape index (κ3) is 5.40. The molecule has 0 unspecified atom stereocenters. The molecule has 0 radical (unpaired) electrons. The zero-order chi connectivity index (χ0) is 19.8. The summed E-state index contributed by atoms with van der Waals surface area (Å²) in [6, 6.07) is 16.5. The molecule has 3 rings (SSSR count). The minimum atomic E-state index is -0.249. The molecular weight excluding hydrogens is 388 g/mol. The van der Waals surface area contributed by atoms with E-state index < -0.39 is 0 Å². The van der Waals surface area contributed by atoms with Crippen LogP contribution in [0.25, 0.3) is 6.08 Å². The summed E-state index contributed by atoms with van der Waals surface area (Å²) in [5, 5.41) is 0. The van der Waals surface area contributed by atoms with E-state index in [1.165, 1.54) is 6.08 Å². The fourth-order valence-electron chi connectivity index (χ4n) is 2.73. The fourth-order valence-corrected chi connectivity index (χ4v) is 5.31. The molecule has 0 bridgehead atoms. The minimum absolute atomic E-state index is 0.207. The van der Waals surface area contributed by atoms with Gasteiger partial charge in [-0.3, -0.25) is 9.59 Å². The van der Waals surface area contributed by atoms with Crippen LogP contribution in [0.5, 0.6) is 5.75 Å². The number of thioether (sulfide) groups is 2. The Morgan fingerprint density at radius 1 is 0.929 bits per heavy atom. The van der Waals surface area contributed by atoms with Gasteiger partial charge in [0.1, 0.15) is 5.75 Å². The van der Waals surface area contributed by atoms with Gasteiger partial charge in [0.25, 0.3) is 0 Å². The highest BCUT2D eigenvalue weighted by Crippen LogP contribution is 2.37. The molecule has 1 aliphatic heterocycles. The lowest BCUT2D eigenvalue weighted by molar-refractivity contribution is -0.111. The van der Waals surface area contributed by atoms with Crippen LogP contribution in [0.2, 0.25) is 0 Å². The Labute approximate surface area is 174 Å². The minimum Gasteiger partial charge on any atom is -0.497 e. The van der Waals surface area contributed by atoms with Gasteiger partial charge in [0.2, 0.25) is 0 Å². The molecule has 3 nitrogen and oxygen atoms in total. The van der Waals surface area contributed by atoms with E-state index in [1.54, 1.807) is 48.8 Å². The molecule has 2 aromatic rings. The number of methoxy groups -OCH3 is 1. The van der Waals surface area contributed by atoms with Gasteiger partial charge in [-0.05, 0) is 48.1 Å². The summed E-state index contributed by atoms with van der Waals surface area (Å²) >= 11 is 3.24. The lowest BCUT2D eigenvalue weighted by Gasteiger charge is -2.10. The molecule has 28 heavy (non-hydrogen) atoms. The predicted octanol–water partition coefficient (Wildman–Crippen LogP) is 5.63. The summed E-state index contributed by atoms with van der Waals surface area (Å²) in [6.07, 6.45) is 5.44. The van der Waals surface area contributed by atoms with Gasteiger partial charge in [-0.25, -0.2) is 0 Å². The van der Waals surface area contributed by atoms with Crippen LogP contribution in [0.15, 0.2) is 70.5 Å². The van der Waals surface area contributed by atoms with E-state index in [0.717, 1.165) is 39.9 Å². The zero-order valence-electron chi connectivity index (χ0n) is 15.7. The van der Waals surface area contributed by atoms with Gasteiger partial charge in [0.15, 0.2) is 11.6 Å². The van der Waals surface area contributed by atoms with Crippen molar-refractivity contribution >= 4 is 41.2 Å². The standard InChI is InChI=1S/C23H22O3S2/c1-26-19-12-9-17(10-13-19)11-14-20(24)21(23-27-15-5-6-16-28-23)22(25)18-7-3-2-4-8-18/h2-4,7-14H,5-6,15-16H2,1H3/b14-11+. The average molecular weight is 411 g/mol. The highest BCUT2D eigenvalue weighted by molar-refractivity contribution is 8.22. The van der Waals surface area contributed by atoms with Gasteiger partial charge in [-0.15, -0.1) is 23.5 Å². The SMILES string of the molecule is COc1ccc(/C=C/C(=O)C(C(=O)c2ccccc2)=C2SCCCCS2)cc1. The van der Waals surface area contributed by atoms with E-state index in [-0.39, 0.29) is 17.1 Å². The molecule has 0 spiro atoms. The first-order valence-corrected chi connectivity index (χ1v) is 11.1. The molecule has 1 saturated heterocycles. The van der Waals surface area contributed by atoms with Crippen molar-refractivity contribution < 1.29 is 14.3 Å². The number of rotatable bonds is 6. The number of Topliss-reactive ketones (excluding diaryl/α,β-unsaturated/α-hetero) is 1. The monoisotopic (exact) mass is 410 g/mol. The van der Waals surface area contributed by atoms with Crippen molar-refractivity contribution in [2.24, 2.45) is 0 Å². The molecule has 0 amide bonds. The molecule has 0 saturated carbocycles. The van der Waals surface area contributed by atoms with Crippen LogP contribution in [-0.2, 0) is 4.79 Å². The van der Waals surface area contributed by atoms with Gasteiger partial charge in [-0.2, -0.15) is 0 Å². The third-order valence-electron chi connectivity index (χ3n) is 4.26. The Hall–Kier alpha value is -2.24. The average Bonchev–Trinajstić information content (AvgIpc) is 3.02. The maximum absolute atomic E-state index is 13.1. The van der Waals surface area contributed by atoms with Gasteiger partial charge in [0, 0.05) is 5.56 Å². The quantitative estimate of drug-likeness (QED) is 0.267. The van der Waals surface area contributed by atoms with Crippen LogP contribution in [0.4, 0.5) is 0 Å². The second-order valence-electron chi connectivity index (χ2n) is 6.23. The highest BCUT2D eigenvalue weighted by Gasteiger charge is 2.24. The zero-order valence-corrected chi connectivity index (χ0v) is 17.4. The second kappa shape index (κ2) is 10.3. The maximum Gasteiger partial charge on any atom is 0.198 e. The van der Waals surface area contributed by atoms with E-state index in [9.17, 15) is 9.59 Å². The Bertz CT molecular complexity index is 874. The van der Waals surface area contributed by atoms with E-state index in [4.69, 9.17) is 4.74 Å². The number of carbonyl (C=O) groups is 2. The van der Waals surface area contributed by atoms with Crippen molar-refractivity contribution in [3.8, 4) is 5.75 Å². The van der Waals surface area contributed by atoms with E-state index in [2.05, 4.69) is 0 Å². The summed E-state index contributed by atoms with van der Waals surface area (Å²) in [7, 11) is 1.62. The van der Waals surface area contributed by atoms with Crippen molar-refractivity contribution in [1.82, 2.24) is 0 Å². The molecule has 1 heterocycles. The molecule has 144 valence electrons. The molecule has 0 aromatic heterocycles. The van der Waals surface area contributed by atoms with Crippen molar-refractivity contribution in [2.75, 3.05) is 18.6 Å². The number of hydrogen-bond donors (Lipinski definition) is 0. The van der Waals surface area contributed by atoms with Crippen LogP contribution >= 0.6 is 23.5 Å². The number of carbonyl (C=O) groups excluding carboxylic acids is 2. The predicted molar refractivity (Wildman–Crippen MR) is 119 cm³/mol. The van der Waals surface area contributed by atoms with Gasteiger partial charge >= 0.3 is 0 Å².